The fraction of sp³-hybridized carbons (Fsp3) is 0.421. The SMILES string of the molecule is CSCC[C@H](NC(=O)[C@H](C)Oc1ccc2c(C)c(C)c(=O)oc2c1)C(=O)O. The summed E-state index contributed by atoms with van der Waals surface area (Å²) < 4.78 is 10.9. The van der Waals surface area contributed by atoms with E-state index in [-0.39, 0.29) is 0 Å². The molecular weight excluding hydrogens is 370 g/mol. The van der Waals surface area contributed by atoms with E-state index in [1.54, 1.807) is 25.1 Å². The number of carboxylic acid groups (broad SMARTS) is 1. The molecule has 1 amide bonds. The van der Waals surface area contributed by atoms with E-state index in [0.717, 1.165) is 10.9 Å². The lowest BCUT2D eigenvalue weighted by Crippen LogP contribution is -2.46. The van der Waals surface area contributed by atoms with Crippen LogP contribution >= 0.6 is 11.8 Å². The van der Waals surface area contributed by atoms with Gasteiger partial charge in [-0.15, -0.1) is 0 Å². The summed E-state index contributed by atoms with van der Waals surface area (Å²) in [6.07, 6.45) is 1.29. The van der Waals surface area contributed by atoms with Gasteiger partial charge in [0.2, 0.25) is 0 Å². The van der Waals surface area contributed by atoms with Crippen molar-refractivity contribution in [2.75, 3.05) is 12.0 Å². The smallest absolute Gasteiger partial charge is 0.339 e. The molecule has 27 heavy (non-hydrogen) atoms. The van der Waals surface area contributed by atoms with E-state index in [0.29, 0.717) is 29.1 Å². The number of amides is 1. The Balaban J connectivity index is 2.13. The maximum absolute atomic E-state index is 12.3. The van der Waals surface area contributed by atoms with Crippen LogP contribution in [-0.2, 0) is 9.59 Å². The molecule has 146 valence electrons. The minimum absolute atomic E-state index is 0.328. The Labute approximate surface area is 161 Å². The fourth-order valence-electron chi connectivity index (χ4n) is 2.54. The first-order valence-corrected chi connectivity index (χ1v) is 9.86. The van der Waals surface area contributed by atoms with Crippen LogP contribution in [0, 0.1) is 13.8 Å². The Morgan fingerprint density at radius 2 is 2.00 bits per heavy atom. The van der Waals surface area contributed by atoms with E-state index in [1.165, 1.54) is 18.7 Å². The zero-order chi connectivity index (χ0) is 20.1. The molecule has 2 atom stereocenters. The van der Waals surface area contributed by atoms with Gasteiger partial charge in [-0.1, -0.05) is 0 Å². The van der Waals surface area contributed by atoms with Crippen molar-refractivity contribution >= 4 is 34.6 Å². The van der Waals surface area contributed by atoms with Gasteiger partial charge in [0, 0.05) is 17.0 Å². The lowest BCUT2D eigenvalue weighted by atomic mass is 10.1. The number of hydrogen-bond donors (Lipinski definition) is 2. The van der Waals surface area contributed by atoms with Crippen LogP contribution in [0.25, 0.3) is 11.0 Å². The Morgan fingerprint density at radius 3 is 2.63 bits per heavy atom. The summed E-state index contributed by atoms with van der Waals surface area (Å²) in [6, 6.07) is 4.03. The monoisotopic (exact) mass is 393 g/mol. The summed E-state index contributed by atoms with van der Waals surface area (Å²) in [5, 5.41) is 12.5. The fourth-order valence-corrected chi connectivity index (χ4v) is 3.01. The highest BCUT2D eigenvalue weighted by Gasteiger charge is 2.23. The molecule has 0 unspecified atom stereocenters. The molecule has 0 aliphatic heterocycles. The number of benzene rings is 1. The molecule has 7 nitrogen and oxygen atoms in total. The number of hydrogen-bond acceptors (Lipinski definition) is 6. The molecule has 2 rings (SSSR count). The molecule has 0 saturated heterocycles. The number of thioether (sulfide) groups is 1. The molecule has 0 aliphatic rings. The van der Waals surface area contributed by atoms with Crippen LogP contribution in [0.15, 0.2) is 27.4 Å². The number of ether oxygens (including phenoxy) is 1. The number of carboxylic acids is 1. The van der Waals surface area contributed by atoms with Gasteiger partial charge in [-0.25, -0.2) is 9.59 Å². The van der Waals surface area contributed by atoms with Gasteiger partial charge >= 0.3 is 11.6 Å². The van der Waals surface area contributed by atoms with Gasteiger partial charge in [-0.2, -0.15) is 11.8 Å². The van der Waals surface area contributed by atoms with Gasteiger partial charge < -0.3 is 19.6 Å². The van der Waals surface area contributed by atoms with Crippen LogP contribution in [0.4, 0.5) is 0 Å². The summed E-state index contributed by atoms with van der Waals surface area (Å²) in [7, 11) is 0. The molecule has 2 N–H and O–H groups in total. The van der Waals surface area contributed by atoms with E-state index in [2.05, 4.69) is 5.32 Å². The first-order valence-electron chi connectivity index (χ1n) is 8.47. The predicted octanol–water partition coefficient (Wildman–Crippen LogP) is 2.50. The van der Waals surface area contributed by atoms with E-state index in [9.17, 15) is 19.5 Å². The molecule has 2 aromatic rings. The second kappa shape index (κ2) is 8.94. The van der Waals surface area contributed by atoms with Crippen LogP contribution in [0.5, 0.6) is 5.75 Å². The standard InChI is InChI=1S/C19H23NO6S/c1-10-11(2)19(24)26-16-9-13(5-6-14(10)16)25-12(3)17(21)20-15(18(22)23)7-8-27-4/h5-6,9,12,15H,7-8H2,1-4H3,(H,20,21)(H,22,23)/t12-,15-/m0/s1. The average molecular weight is 393 g/mol. The third kappa shape index (κ3) is 5.03. The van der Waals surface area contributed by atoms with E-state index >= 15 is 0 Å². The van der Waals surface area contributed by atoms with Gasteiger partial charge in [0.15, 0.2) is 6.10 Å². The number of carbonyl (C=O) groups is 2. The Kier molecular flexibility index (Phi) is 6.90. The van der Waals surface area contributed by atoms with Crippen molar-refractivity contribution in [1.82, 2.24) is 5.32 Å². The first kappa shape index (κ1) is 20.8. The van der Waals surface area contributed by atoms with Crippen LogP contribution in [0.2, 0.25) is 0 Å². The van der Waals surface area contributed by atoms with Crippen molar-refractivity contribution in [2.24, 2.45) is 0 Å². The Bertz CT molecular complexity index is 907. The third-order valence-corrected chi connectivity index (χ3v) is 4.98. The minimum atomic E-state index is -1.08. The third-order valence-electron chi connectivity index (χ3n) is 4.34. The van der Waals surface area contributed by atoms with Crippen molar-refractivity contribution in [3.8, 4) is 5.75 Å². The number of aliphatic carboxylic acids is 1. The van der Waals surface area contributed by atoms with Crippen molar-refractivity contribution in [3.63, 3.8) is 0 Å². The number of fused-ring (bicyclic) bond motifs is 1. The maximum atomic E-state index is 12.3. The highest BCUT2D eigenvalue weighted by atomic mass is 32.2. The van der Waals surface area contributed by atoms with Gasteiger partial charge in [0.05, 0.1) is 0 Å². The summed E-state index contributed by atoms with van der Waals surface area (Å²) in [4.78, 5) is 35.4. The van der Waals surface area contributed by atoms with Gasteiger partial charge in [0.1, 0.15) is 17.4 Å². The second-order valence-electron chi connectivity index (χ2n) is 6.24. The molecule has 0 fully saturated rings. The molecule has 0 bridgehead atoms. The number of aryl methyl sites for hydroxylation is 1. The zero-order valence-electron chi connectivity index (χ0n) is 15.7. The minimum Gasteiger partial charge on any atom is -0.481 e. The van der Waals surface area contributed by atoms with E-state index in [1.807, 2.05) is 13.2 Å². The predicted molar refractivity (Wildman–Crippen MR) is 105 cm³/mol. The van der Waals surface area contributed by atoms with Gasteiger partial charge in [-0.05, 0) is 56.9 Å². The lowest BCUT2D eigenvalue weighted by Gasteiger charge is -2.19. The largest absolute Gasteiger partial charge is 0.481 e. The zero-order valence-corrected chi connectivity index (χ0v) is 16.5. The summed E-state index contributed by atoms with van der Waals surface area (Å²) in [5.41, 5.74) is 1.34. The molecule has 1 heterocycles. The van der Waals surface area contributed by atoms with Crippen molar-refractivity contribution < 1.29 is 23.8 Å². The van der Waals surface area contributed by atoms with Crippen LogP contribution in [0.1, 0.15) is 24.5 Å². The number of nitrogens with one attached hydrogen (secondary N) is 1. The van der Waals surface area contributed by atoms with Gasteiger partial charge in [0.25, 0.3) is 5.91 Å². The van der Waals surface area contributed by atoms with Crippen molar-refractivity contribution in [1.29, 1.82) is 0 Å². The van der Waals surface area contributed by atoms with Crippen molar-refractivity contribution in [2.45, 2.75) is 39.3 Å². The highest BCUT2D eigenvalue weighted by Crippen LogP contribution is 2.24. The number of carbonyl (C=O) groups excluding carboxylic acids is 1. The molecule has 1 aromatic heterocycles. The quantitative estimate of drug-likeness (QED) is 0.664. The average Bonchev–Trinajstić information content (AvgIpc) is 2.62. The molecule has 8 heteroatoms. The molecule has 0 saturated carbocycles. The molecule has 0 aliphatic carbocycles. The summed E-state index contributed by atoms with van der Waals surface area (Å²) in [6.45, 7) is 5.07. The highest BCUT2D eigenvalue weighted by molar-refractivity contribution is 7.98. The molecule has 0 spiro atoms. The molecule has 0 radical (unpaired) electrons. The lowest BCUT2D eigenvalue weighted by molar-refractivity contribution is -0.142. The molecule has 1 aromatic carbocycles. The Hall–Kier alpha value is -2.48. The second-order valence-corrected chi connectivity index (χ2v) is 7.22. The summed E-state index contributed by atoms with van der Waals surface area (Å²) >= 11 is 1.51. The normalized spacial score (nSPS) is 13.2. The van der Waals surface area contributed by atoms with E-state index in [4.69, 9.17) is 9.15 Å². The summed E-state index contributed by atoms with van der Waals surface area (Å²) in [5.74, 6) is -0.629. The van der Waals surface area contributed by atoms with Crippen molar-refractivity contribution in [3.05, 3.63) is 39.7 Å². The van der Waals surface area contributed by atoms with Crippen LogP contribution in [-0.4, -0.2) is 41.1 Å². The first-order chi connectivity index (χ1) is 12.7. The Morgan fingerprint density at radius 1 is 1.30 bits per heavy atom. The van der Waals surface area contributed by atoms with E-state index < -0.39 is 29.6 Å². The van der Waals surface area contributed by atoms with Crippen LogP contribution < -0.4 is 15.7 Å². The van der Waals surface area contributed by atoms with Crippen LogP contribution in [0.3, 0.4) is 0 Å². The number of rotatable bonds is 8. The molecular formula is C19H23NO6S. The maximum Gasteiger partial charge on any atom is 0.339 e. The topological polar surface area (TPSA) is 106 Å². The van der Waals surface area contributed by atoms with Gasteiger partial charge in [-0.3, -0.25) is 4.79 Å².